The normalized spacial score (nSPS) is 12.3. The monoisotopic (exact) mass is 270 g/mol. The quantitative estimate of drug-likeness (QED) is 0.819. The molecule has 4 heteroatoms. The largest absolute Gasteiger partial charge is 0.403 e. The van der Waals surface area contributed by atoms with E-state index in [9.17, 15) is 10.2 Å². The summed E-state index contributed by atoms with van der Waals surface area (Å²) >= 11 is 1.58. The van der Waals surface area contributed by atoms with Gasteiger partial charge in [-0.3, -0.25) is 0 Å². The van der Waals surface area contributed by atoms with Gasteiger partial charge in [0, 0.05) is 15.8 Å². The molecule has 2 radical (unpaired) electrons. The number of rotatable bonds is 5. The summed E-state index contributed by atoms with van der Waals surface area (Å²) in [6.45, 7) is 0.0187. The maximum absolute atomic E-state index is 9.34. The summed E-state index contributed by atoms with van der Waals surface area (Å²) in [5.74, 6) is 0. The van der Waals surface area contributed by atoms with Crippen molar-refractivity contribution in [3.63, 3.8) is 0 Å². The summed E-state index contributed by atoms with van der Waals surface area (Å²) in [5, 5.41) is 18.7. The third-order valence-electron chi connectivity index (χ3n) is 2.76. The van der Waals surface area contributed by atoms with Gasteiger partial charge in [0.1, 0.15) is 7.85 Å². The van der Waals surface area contributed by atoms with Crippen molar-refractivity contribution in [2.24, 2.45) is 0 Å². The van der Waals surface area contributed by atoms with E-state index in [1.54, 1.807) is 11.8 Å². The van der Waals surface area contributed by atoms with E-state index in [4.69, 9.17) is 7.85 Å². The predicted molar refractivity (Wildman–Crippen MR) is 78.4 cm³/mol. The molecule has 0 aliphatic heterocycles. The van der Waals surface area contributed by atoms with Crippen molar-refractivity contribution in [2.75, 3.05) is 0 Å². The van der Waals surface area contributed by atoms with E-state index in [-0.39, 0.29) is 6.61 Å². The molecule has 0 spiro atoms. The van der Waals surface area contributed by atoms with Crippen LogP contribution in [0.3, 0.4) is 0 Å². The SMILES string of the molecule is [B]C(O)Cc1ccccc1Sc1ccccc1CO. The highest BCUT2D eigenvalue weighted by molar-refractivity contribution is 7.99. The zero-order valence-corrected chi connectivity index (χ0v) is 11.3. The van der Waals surface area contributed by atoms with Gasteiger partial charge < -0.3 is 10.2 Å². The Hall–Kier alpha value is -1.23. The molecule has 1 unspecified atom stereocenters. The molecular weight excluding hydrogens is 255 g/mol. The zero-order chi connectivity index (χ0) is 13.7. The Labute approximate surface area is 118 Å². The van der Waals surface area contributed by atoms with Gasteiger partial charge in [-0.1, -0.05) is 48.2 Å². The molecule has 2 aromatic carbocycles. The van der Waals surface area contributed by atoms with Gasteiger partial charge in [0.25, 0.3) is 0 Å². The lowest BCUT2D eigenvalue weighted by Crippen LogP contribution is -2.09. The topological polar surface area (TPSA) is 40.5 Å². The minimum Gasteiger partial charge on any atom is -0.403 e. The van der Waals surface area contributed by atoms with Gasteiger partial charge in [-0.25, -0.2) is 0 Å². The Morgan fingerprint density at radius 2 is 1.47 bits per heavy atom. The Bertz CT molecular complexity index is 543. The fourth-order valence-electron chi connectivity index (χ4n) is 1.85. The second-order valence-corrected chi connectivity index (χ2v) is 5.33. The van der Waals surface area contributed by atoms with Crippen LogP contribution in [-0.4, -0.2) is 24.1 Å². The Kier molecular flexibility index (Phi) is 5.08. The third kappa shape index (κ3) is 3.87. The molecule has 19 heavy (non-hydrogen) atoms. The van der Waals surface area contributed by atoms with Crippen LogP contribution in [0.4, 0.5) is 0 Å². The van der Waals surface area contributed by atoms with Gasteiger partial charge in [0.05, 0.1) is 6.61 Å². The van der Waals surface area contributed by atoms with Crippen LogP contribution in [0.2, 0.25) is 0 Å². The summed E-state index contributed by atoms with van der Waals surface area (Å²) in [7, 11) is 5.45. The molecule has 0 heterocycles. The Balaban J connectivity index is 2.27. The molecule has 0 saturated heterocycles. The lowest BCUT2D eigenvalue weighted by atomic mass is 9.93. The molecule has 0 fully saturated rings. The summed E-state index contributed by atoms with van der Waals surface area (Å²) in [6, 6.07) is 14.7. The van der Waals surface area contributed by atoms with Crippen LogP contribution < -0.4 is 0 Å². The first-order valence-corrected chi connectivity index (χ1v) is 6.90. The molecule has 2 N–H and O–H groups in total. The summed E-state index contributed by atoms with van der Waals surface area (Å²) in [4.78, 5) is 2.07. The lowest BCUT2D eigenvalue weighted by Gasteiger charge is -2.12. The van der Waals surface area contributed by atoms with Gasteiger partial charge >= 0.3 is 0 Å². The minimum atomic E-state index is -0.852. The minimum absolute atomic E-state index is 0.0187. The van der Waals surface area contributed by atoms with Crippen LogP contribution in [0.15, 0.2) is 58.3 Å². The van der Waals surface area contributed by atoms with Gasteiger partial charge in [-0.15, -0.1) is 0 Å². The highest BCUT2D eigenvalue weighted by Crippen LogP contribution is 2.33. The summed E-state index contributed by atoms with van der Waals surface area (Å²) in [5.41, 5.74) is 1.91. The van der Waals surface area contributed by atoms with Crippen molar-refractivity contribution in [3.8, 4) is 0 Å². The average molecular weight is 270 g/mol. The van der Waals surface area contributed by atoms with E-state index in [1.807, 2.05) is 48.5 Å². The van der Waals surface area contributed by atoms with Crippen molar-refractivity contribution in [1.29, 1.82) is 0 Å². The van der Waals surface area contributed by atoms with Crippen LogP contribution in [-0.2, 0) is 13.0 Å². The second-order valence-electron chi connectivity index (χ2n) is 4.25. The van der Waals surface area contributed by atoms with Gasteiger partial charge in [0.2, 0.25) is 0 Å². The summed E-state index contributed by atoms with van der Waals surface area (Å²) in [6.07, 6.45) is 0.421. The molecule has 1 atom stereocenters. The lowest BCUT2D eigenvalue weighted by molar-refractivity contribution is 0.255. The molecule has 0 aliphatic rings. The van der Waals surface area contributed by atoms with Crippen LogP contribution in [0, 0.1) is 0 Å². The maximum Gasteiger partial charge on any atom is 0.109 e. The van der Waals surface area contributed by atoms with E-state index in [0.717, 1.165) is 20.9 Å². The van der Waals surface area contributed by atoms with Crippen molar-refractivity contribution >= 4 is 19.6 Å². The smallest absolute Gasteiger partial charge is 0.109 e. The van der Waals surface area contributed by atoms with Crippen LogP contribution in [0.1, 0.15) is 11.1 Å². The zero-order valence-electron chi connectivity index (χ0n) is 10.5. The van der Waals surface area contributed by atoms with Crippen molar-refractivity contribution in [3.05, 3.63) is 59.7 Å². The standard InChI is InChI=1S/C15H15BO2S/c16-15(18)9-11-5-1-3-7-13(11)19-14-8-4-2-6-12(14)10-17/h1-8,15,17-18H,9-10H2. The molecule has 0 bridgehead atoms. The van der Waals surface area contributed by atoms with Crippen LogP contribution in [0.25, 0.3) is 0 Å². The van der Waals surface area contributed by atoms with Crippen LogP contribution >= 0.6 is 11.8 Å². The predicted octanol–water partition coefficient (Wildman–Crippen LogP) is 2.36. The third-order valence-corrected chi connectivity index (χ3v) is 4.00. The molecule has 96 valence electrons. The van der Waals surface area contributed by atoms with Gasteiger partial charge in [0.15, 0.2) is 0 Å². The second kappa shape index (κ2) is 6.80. The number of aliphatic hydroxyl groups excluding tert-OH is 2. The highest BCUT2D eigenvalue weighted by Gasteiger charge is 2.08. The average Bonchev–Trinajstić information content (AvgIpc) is 2.41. The van der Waals surface area contributed by atoms with Crippen molar-refractivity contribution in [2.45, 2.75) is 28.8 Å². The molecule has 2 rings (SSSR count). The first-order chi connectivity index (χ1) is 9.20. The first-order valence-electron chi connectivity index (χ1n) is 6.09. The van der Waals surface area contributed by atoms with E-state index < -0.39 is 6.00 Å². The molecule has 0 saturated carbocycles. The van der Waals surface area contributed by atoms with Gasteiger partial charge in [-0.2, -0.15) is 0 Å². The van der Waals surface area contributed by atoms with E-state index in [1.165, 1.54) is 0 Å². The fourth-order valence-corrected chi connectivity index (χ4v) is 2.93. The Morgan fingerprint density at radius 1 is 0.947 bits per heavy atom. The molecule has 2 nitrogen and oxygen atoms in total. The van der Waals surface area contributed by atoms with Crippen molar-refractivity contribution in [1.82, 2.24) is 0 Å². The number of aliphatic hydroxyl groups is 2. The number of hydrogen-bond donors (Lipinski definition) is 2. The molecular formula is C15H15BO2S. The van der Waals surface area contributed by atoms with E-state index in [0.29, 0.717) is 6.42 Å². The number of hydrogen-bond acceptors (Lipinski definition) is 3. The van der Waals surface area contributed by atoms with Gasteiger partial charge in [-0.05, 0) is 29.7 Å². The van der Waals surface area contributed by atoms with Crippen molar-refractivity contribution < 1.29 is 10.2 Å². The molecule has 0 aromatic heterocycles. The fraction of sp³-hybridized carbons (Fsp3) is 0.200. The molecule has 0 amide bonds. The maximum atomic E-state index is 9.34. The highest BCUT2D eigenvalue weighted by atomic mass is 32.2. The summed E-state index contributed by atoms with van der Waals surface area (Å²) < 4.78 is 0. The number of benzene rings is 2. The molecule has 2 aromatic rings. The Morgan fingerprint density at radius 3 is 2.05 bits per heavy atom. The van der Waals surface area contributed by atoms with Crippen LogP contribution in [0.5, 0.6) is 0 Å². The molecule has 0 aliphatic carbocycles. The van der Waals surface area contributed by atoms with E-state index >= 15 is 0 Å². The first kappa shape index (κ1) is 14.2. The van der Waals surface area contributed by atoms with E-state index in [2.05, 4.69) is 0 Å².